The van der Waals surface area contributed by atoms with E-state index in [1.165, 1.54) is 6.07 Å². The van der Waals surface area contributed by atoms with E-state index in [0.717, 1.165) is 21.7 Å². The number of fused-ring (bicyclic) bond motifs is 1. The normalized spacial score (nSPS) is 12.7. The Hall–Kier alpha value is -1.82. The van der Waals surface area contributed by atoms with E-state index >= 15 is 0 Å². The minimum Gasteiger partial charge on any atom is -0.271 e. The second-order valence-electron chi connectivity index (χ2n) is 4.99. The van der Waals surface area contributed by atoms with Gasteiger partial charge >= 0.3 is 0 Å². The average molecular weight is 301 g/mol. The maximum Gasteiger partial charge on any atom is 0.131 e. The van der Waals surface area contributed by atoms with E-state index in [1.807, 2.05) is 30.5 Å². The number of aromatic nitrogens is 1. The van der Waals surface area contributed by atoms with Crippen LogP contribution in [-0.4, -0.2) is 4.98 Å². The van der Waals surface area contributed by atoms with Gasteiger partial charge in [0.15, 0.2) is 0 Å². The minimum absolute atomic E-state index is 0.0963. The highest BCUT2D eigenvalue weighted by atomic mass is 32.1. The maximum absolute atomic E-state index is 13.9. The summed E-state index contributed by atoms with van der Waals surface area (Å²) in [6, 6.07) is 10.6. The van der Waals surface area contributed by atoms with Gasteiger partial charge in [0.1, 0.15) is 5.82 Å². The predicted molar refractivity (Wildman–Crippen MR) is 84.5 cm³/mol. The van der Waals surface area contributed by atoms with Gasteiger partial charge in [-0.05, 0) is 23.9 Å². The molecule has 0 aliphatic rings. The third-order valence-electron chi connectivity index (χ3n) is 3.53. The number of hydrogen-bond acceptors (Lipinski definition) is 4. The van der Waals surface area contributed by atoms with Crippen molar-refractivity contribution in [1.29, 1.82) is 0 Å². The summed E-state index contributed by atoms with van der Waals surface area (Å²) in [5.74, 6) is 5.51. The average Bonchev–Trinajstić information content (AvgIpc) is 2.91. The fourth-order valence-corrected chi connectivity index (χ4v) is 3.34. The van der Waals surface area contributed by atoms with Gasteiger partial charge < -0.3 is 0 Å². The molecule has 0 saturated heterocycles. The SMILES string of the molecule is Cc1csc(CC(NN)c2ccc(F)c3ccccc23)n1. The third kappa shape index (κ3) is 2.81. The lowest BCUT2D eigenvalue weighted by atomic mass is 9.97. The van der Waals surface area contributed by atoms with Crippen LogP contribution in [0.5, 0.6) is 0 Å². The Morgan fingerprint density at radius 3 is 2.67 bits per heavy atom. The van der Waals surface area contributed by atoms with E-state index in [0.29, 0.717) is 11.8 Å². The summed E-state index contributed by atoms with van der Waals surface area (Å²) in [4.78, 5) is 4.47. The van der Waals surface area contributed by atoms with Crippen molar-refractivity contribution in [2.45, 2.75) is 19.4 Å². The van der Waals surface area contributed by atoms with Gasteiger partial charge in [0.2, 0.25) is 0 Å². The molecule has 2 aromatic carbocycles. The molecular weight excluding hydrogens is 285 g/mol. The van der Waals surface area contributed by atoms with Gasteiger partial charge in [0, 0.05) is 22.9 Å². The number of thiazole rings is 1. The maximum atomic E-state index is 13.9. The number of nitrogens with zero attached hydrogens (tertiary/aromatic N) is 1. The number of hydrogen-bond donors (Lipinski definition) is 2. The monoisotopic (exact) mass is 301 g/mol. The third-order valence-corrected chi connectivity index (χ3v) is 4.52. The highest BCUT2D eigenvalue weighted by molar-refractivity contribution is 7.09. The predicted octanol–water partition coefficient (Wildman–Crippen LogP) is 3.49. The Kier molecular flexibility index (Phi) is 3.96. The van der Waals surface area contributed by atoms with Crippen molar-refractivity contribution in [2.24, 2.45) is 5.84 Å². The molecule has 0 spiro atoms. The fourth-order valence-electron chi connectivity index (χ4n) is 2.52. The van der Waals surface area contributed by atoms with Crippen LogP contribution < -0.4 is 11.3 Å². The molecule has 1 heterocycles. The van der Waals surface area contributed by atoms with Gasteiger partial charge in [0.25, 0.3) is 0 Å². The molecule has 5 heteroatoms. The van der Waals surface area contributed by atoms with Crippen molar-refractivity contribution in [3.8, 4) is 0 Å². The molecule has 1 atom stereocenters. The van der Waals surface area contributed by atoms with Crippen molar-refractivity contribution in [3.63, 3.8) is 0 Å². The summed E-state index contributed by atoms with van der Waals surface area (Å²) >= 11 is 1.62. The quantitative estimate of drug-likeness (QED) is 0.573. The first kappa shape index (κ1) is 14.1. The lowest BCUT2D eigenvalue weighted by molar-refractivity contribution is 0.552. The van der Waals surface area contributed by atoms with Crippen molar-refractivity contribution >= 4 is 22.1 Å². The summed E-state index contributed by atoms with van der Waals surface area (Å²) in [7, 11) is 0. The van der Waals surface area contributed by atoms with Crippen LogP contribution >= 0.6 is 11.3 Å². The molecule has 1 unspecified atom stereocenters. The second-order valence-corrected chi connectivity index (χ2v) is 5.93. The number of halogens is 1. The lowest BCUT2D eigenvalue weighted by Gasteiger charge is -2.17. The number of hydrazine groups is 1. The number of benzene rings is 2. The van der Waals surface area contributed by atoms with Crippen molar-refractivity contribution < 1.29 is 4.39 Å². The summed E-state index contributed by atoms with van der Waals surface area (Å²) in [5.41, 5.74) is 4.83. The molecule has 3 aromatic rings. The van der Waals surface area contributed by atoms with Crippen LogP contribution in [-0.2, 0) is 6.42 Å². The number of nitrogens with two attached hydrogens (primary N) is 1. The molecule has 0 aliphatic carbocycles. The zero-order valence-electron chi connectivity index (χ0n) is 11.6. The molecule has 3 rings (SSSR count). The Morgan fingerprint density at radius 2 is 2.00 bits per heavy atom. The van der Waals surface area contributed by atoms with Crippen molar-refractivity contribution in [2.75, 3.05) is 0 Å². The zero-order chi connectivity index (χ0) is 14.8. The van der Waals surface area contributed by atoms with E-state index < -0.39 is 0 Å². The van der Waals surface area contributed by atoms with Crippen molar-refractivity contribution in [1.82, 2.24) is 10.4 Å². The summed E-state index contributed by atoms with van der Waals surface area (Å²) in [6.07, 6.45) is 0.685. The summed E-state index contributed by atoms with van der Waals surface area (Å²) < 4.78 is 13.9. The molecule has 0 fully saturated rings. The highest BCUT2D eigenvalue weighted by Gasteiger charge is 2.16. The summed E-state index contributed by atoms with van der Waals surface area (Å²) in [5, 5.41) is 4.54. The highest BCUT2D eigenvalue weighted by Crippen LogP contribution is 2.28. The molecule has 108 valence electrons. The minimum atomic E-state index is -0.213. The van der Waals surface area contributed by atoms with E-state index in [1.54, 1.807) is 23.5 Å². The van der Waals surface area contributed by atoms with Crippen LogP contribution in [0.2, 0.25) is 0 Å². The number of aryl methyl sites for hydroxylation is 1. The topological polar surface area (TPSA) is 50.9 Å². The van der Waals surface area contributed by atoms with Crippen LogP contribution in [0.1, 0.15) is 22.3 Å². The van der Waals surface area contributed by atoms with Gasteiger partial charge in [0.05, 0.1) is 11.0 Å². The first-order valence-electron chi connectivity index (χ1n) is 6.73. The first-order valence-corrected chi connectivity index (χ1v) is 7.61. The molecule has 0 saturated carbocycles. The van der Waals surface area contributed by atoms with Crippen LogP contribution in [0.15, 0.2) is 41.8 Å². The Labute approximate surface area is 126 Å². The lowest BCUT2D eigenvalue weighted by Crippen LogP contribution is -2.29. The molecule has 0 amide bonds. The first-order chi connectivity index (χ1) is 10.2. The second kappa shape index (κ2) is 5.89. The van der Waals surface area contributed by atoms with E-state index in [9.17, 15) is 4.39 Å². The summed E-state index contributed by atoms with van der Waals surface area (Å²) in [6.45, 7) is 1.97. The van der Waals surface area contributed by atoms with E-state index in [2.05, 4.69) is 10.4 Å². The largest absolute Gasteiger partial charge is 0.271 e. The number of nitrogens with one attached hydrogen (secondary N) is 1. The molecule has 21 heavy (non-hydrogen) atoms. The van der Waals surface area contributed by atoms with Gasteiger partial charge in [-0.15, -0.1) is 11.3 Å². The van der Waals surface area contributed by atoms with Crippen LogP contribution in [0.3, 0.4) is 0 Å². The zero-order valence-corrected chi connectivity index (χ0v) is 12.5. The Balaban J connectivity index is 2.03. The van der Waals surface area contributed by atoms with Gasteiger partial charge in [-0.2, -0.15) is 0 Å². The van der Waals surface area contributed by atoms with Crippen molar-refractivity contribution in [3.05, 3.63) is 63.9 Å². The molecule has 1 aromatic heterocycles. The van der Waals surface area contributed by atoms with Gasteiger partial charge in [-0.3, -0.25) is 11.3 Å². The standard InChI is InChI=1S/C16H16FN3S/c1-10-9-21-16(19-10)8-15(20-18)13-6-7-14(17)12-5-3-2-4-11(12)13/h2-7,9,15,20H,8,18H2,1H3. The van der Waals surface area contributed by atoms with Crippen LogP contribution in [0, 0.1) is 12.7 Å². The van der Waals surface area contributed by atoms with Crippen LogP contribution in [0.4, 0.5) is 4.39 Å². The molecule has 0 aliphatic heterocycles. The molecular formula is C16H16FN3S. The molecule has 0 bridgehead atoms. The Bertz CT molecular complexity index is 769. The molecule has 3 nitrogen and oxygen atoms in total. The van der Waals surface area contributed by atoms with Gasteiger partial charge in [-0.1, -0.05) is 30.3 Å². The van der Waals surface area contributed by atoms with E-state index in [4.69, 9.17) is 5.84 Å². The number of rotatable bonds is 4. The Morgan fingerprint density at radius 1 is 1.24 bits per heavy atom. The van der Waals surface area contributed by atoms with Gasteiger partial charge in [-0.25, -0.2) is 9.37 Å². The van der Waals surface area contributed by atoms with Crippen LogP contribution in [0.25, 0.3) is 10.8 Å². The molecule has 3 N–H and O–H groups in total. The molecule has 0 radical (unpaired) electrons. The smallest absolute Gasteiger partial charge is 0.131 e. The fraction of sp³-hybridized carbons (Fsp3) is 0.188. The van der Waals surface area contributed by atoms with E-state index in [-0.39, 0.29) is 11.9 Å².